The van der Waals surface area contributed by atoms with Gasteiger partial charge >= 0.3 is 12.1 Å². The van der Waals surface area contributed by atoms with Crippen LogP contribution in [-0.2, 0) is 20.5 Å². The van der Waals surface area contributed by atoms with Crippen LogP contribution in [0.3, 0.4) is 0 Å². The van der Waals surface area contributed by atoms with Gasteiger partial charge in [-0.3, -0.25) is 19.7 Å². The second kappa shape index (κ2) is 8.89. The van der Waals surface area contributed by atoms with E-state index in [0.29, 0.717) is 18.1 Å². The summed E-state index contributed by atoms with van der Waals surface area (Å²) in [7, 11) is 0. The SMILES string of the molecule is C[C@@H](NC(=O)COC(=O)CCNc1ccc(C(F)(F)F)cc1[N+](=O)[O-])C1CC1. The Labute approximate surface area is 158 Å². The van der Waals surface area contributed by atoms with Crippen molar-refractivity contribution in [3.05, 3.63) is 33.9 Å². The van der Waals surface area contributed by atoms with Crippen LogP contribution in [0.15, 0.2) is 18.2 Å². The third-order valence-electron chi connectivity index (χ3n) is 4.25. The molecule has 1 aromatic rings. The Morgan fingerprint density at radius 3 is 2.61 bits per heavy atom. The van der Waals surface area contributed by atoms with Gasteiger partial charge in [0.1, 0.15) is 5.69 Å². The molecule has 154 valence electrons. The maximum Gasteiger partial charge on any atom is 0.416 e. The van der Waals surface area contributed by atoms with Crippen LogP contribution < -0.4 is 10.6 Å². The fourth-order valence-electron chi connectivity index (χ4n) is 2.54. The molecule has 0 aliphatic heterocycles. The number of carbonyl (C=O) groups is 2. The molecule has 1 aliphatic carbocycles. The van der Waals surface area contributed by atoms with E-state index in [0.717, 1.165) is 18.9 Å². The third-order valence-corrected chi connectivity index (χ3v) is 4.25. The third kappa shape index (κ3) is 6.39. The Kier molecular flexibility index (Phi) is 6.81. The van der Waals surface area contributed by atoms with E-state index in [1.165, 1.54) is 0 Å². The Morgan fingerprint density at radius 2 is 2.04 bits per heavy atom. The zero-order chi connectivity index (χ0) is 20.9. The topological polar surface area (TPSA) is 111 Å². The first-order chi connectivity index (χ1) is 13.1. The van der Waals surface area contributed by atoms with E-state index in [-0.39, 0.29) is 24.7 Å². The normalized spacial score (nSPS) is 14.9. The molecule has 0 saturated heterocycles. The summed E-state index contributed by atoms with van der Waals surface area (Å²) in [6, 6.07) is 2.08. The van der Waals surface area contributed by atoms with E-state index in [2.05, 4.69) is 10.6 Å². The lowest BCUT2D eigenvalue weighted by atomic mass is 10.1. The highest BCUT2D eigenvalue weighted by atomic mass is 19.4. The Morgan fingerprint density at radius 1 is 1.36 bits per heavy atom. The number of benzene rings is 1. The smallest absolute Gasteiger partial charge is 0.416 e. The lowest BCUT2D eigenvalue weighted by Gasteiger charge is -2.13. The average Bonchev–Trinajstić information content (AvgIpc) is 3.44. The second-order valence-corrected chi connectivity index (χ2v) is 6.52. The molecule has 1 saturated carbocycles. The number of alkyl halides is 3. The Hall–Kier alpha value is -2.85. The molecule has 1 aliphatic rings. The van der Waals surface area contributed by atoms with Gasteiger partial charge in [-0.25, -0.2) is 0 Å². The van der Waals surface area contributed by atoms with Crippen molar-refractivity contribution in [3.63, 3.8) is 0 Å². The Bertz CT molecular complexity index is 750. The summed E-state index contributed by atoms with van der Waals surface area (Å²) in [5, 5.41) is 16.2. The highest BCUT2D eigenvalue weighted by Gasteiger charge is 2.33. The van der Waals surface area contributed by atoms with E-state index < -0.39 is 40.8 Å². The molecule has 8 nitrogen and oxygen atoms in total. The van der Waals surface area contributed by atoms with Crippen molar-refractivity contribution in [3.8, 4) is 0 Å². The maximum atomic E-state index is 12.7. The molecule has 0 radical (unpaired) electrons. The first kappa shape index (κ1) is 21.5. The number of nitro groups is 1. The number of hydrogen-bond donors (Lipinski definition) is 2. The maximum absolute atomic E-state index is 12.7. The van der Waals surface area contributed by atoms with E-state index in [1.807, 2.05) is 6.92 Å². The molecule has 28 heavy (non-hydrogen) atoms. The molecular formula is C17H20F3N3O5. The van der Waals surface area contributed by atoms with Crippen LogP contribution >= 0.6 is 0 Å². The van der Waals surface area contributed by atoms with Gasteiger partial charge in [0, 0.05) is 18.7 Å². The van der Waals surface area contributed by atoms with Crippen molar-refractivity contribution in [1.82, 2.24) is 5.32 Å². The quantitative estimate of drug-likeness (QED) is 0.373. The van der Waals surface area contributed by atoms with E-state index in [9.17, 15) is 32.9 Å². The summed E-state index contributed by atoms with van der Waals surface area (Å²) in [6.07, 6.45) is -2.81. The number of esters is 1. The molecule has 0 bridgehead atoms. The lowest BCUT2D eigenvalue weighted by Crippen LogP contribution is -2.37. The van der Waals surface area contributed by atoms with Crippen LogP contribution in [-0.4, -0.2) is 36.0 Å². The van der Waals surface area contributed by atoms with Crippen molar-refractivity contribution < 1.29 is 32.4 Å². The summed E-state index contributed by atoms with van der Waals surface area (Å²) in [5.74, 6) is -0.668. The first-order valence-electron chi connectivity index (χ1n) is 8.62. The van der Waals surface area contributed by atoms with Crippen LogP contribution in [0.2, 0.25) is 0 Å². The van der Waals surface area contributed by atoms with E-state index >= 15 is 0 Å². The standard InChI is InChI=1S/C17H20F3N3O5/c1-10(11-2-3-11)22-15(24)9-28-16(25)6-7-21-13-5-4-12(17(18,19)20)8-14(13)23(26)27/h4-5,8,10-11,21H,2-3,6-7,9H2,1H3,(H,22,24)/t10-/m1/s1. The van der Waals surface area contributed by atoms with Crippen LogP contribution in [0.5, 0.6) is 0 Å². The number of nitrogens with one attached hydrogen (secondary N) is 2. The first-order valence-corrected chi connectivity index (χ1v) is 8.62. The van der Waals surface area contributed by atoms with Gasteiger partial charge in [0.15, 0.2) is 6.61 Å². The minimum atomic E-state index is -4.70. The molecule has 1 aromatic carbocycles. The summed E-state index contributed by atoms with van der Waals surface area (Å²) < 4.78 is 42.8. The number of nitro benzene ring substituents is 1. The molecule has 2 N–H and O–H groups in total. The summed E-state index contributed by atoms with van der Waals surface area (Å²) >= 11 is 0. The van der Waals surface area contributed by atoms with Gasteiger partial charge in [0.2, 0.25) is 0 Å². The molecule has 1 fully saturated rings. The fourth-order valence-corrected chi connectivity index (χ4v) is 2.54. The van der Waals surface area contributed by atoms with Gasteiger partial charge in [0.05, 0.1) is 16.9 Å². The number of nitrogens with zero attached hydrogens (tertiary/aromatic N) is 1. The fraction of sp³-hybridized carbons (Fsp3) is 0.529. The minimum Gasteiger partial charge on any atom is -0.456 e. The number of amides is 1. The molecule has 11 heteroatoms. The Balaban J connectivity index is 1.79. The zero-order valence-electron chi connectivity index (χ0n) is 15.0. The number of carbonyl (C=O) groups excluding carboxylic acids is 2. The van der Waals surface area contributed by atoms with Crippen LogP contribution in [0, 0.1) is 16.0 Å². The summed E-state index contributed by atoms with van der Waals surface area (Å²) in [4.78, 5) is 33.3. The van der Waals surface area contributed by atoms with E-state index in [4.69, 9.17) is 4.74 Å². The van der Waals surface area contributed by atoms with Gasteiger partial charge in [0.25, 0.3) is 11.6 Å². The molecule has 1 atom stereocenters. The molecule has 2 rings (SSSR count). The monoisotopic (exact) mass is 403 g/mol. The number of ether oxygens (including phenoxy) is 1. The minimum absolute atomic E-state index is 0.0214. The van der Waals surface area contributed by atoms with E-state index in [1.54, 1.807) is 0 Å². The average molecular weight is 403 g/mol. The molecule has 0 unspecified atom stereocenters. The van der Waals surface area contributed by atoms with Gasteiger partial charge < -0.3 is 15.4 Å². The van der Waals surface area contributed by atoms with Crippen molar-refractivity contribution in [1.29, 1.82) is 0 Å². The molecule has 0 spiro atoms. The largest absolute Gasteiger partial charge is 0.456 e. The van der Waals surface area contributed by atoms with Crippen molar-refractivity contribution >= 4 is 23.3 Å². The lowest BCUT2D eigenvalue weighted by molar-refractivity contribution is -0.384. The van der Waals surface area contributed by atoms with Gasteiger partial charge in [-0.1, -0.05) is 0 Å². The molecular weight excluding hydrogens is 383 g/mol. The zero-order valence-corrected chi connectivity index (χ0v) is 15.0. The van der Waals surface area contributed by atoms with Gasteiger partial charge in [-0.05, 0) is 37.8 Å². The molecule has 0 aromatic heterocycles. The van der Waals surface area contributed by atoms with Crippen LogP contribution in [0.25, 0.3) is 0 Å². The van der Waals surface area contributed by atoms with Crippen LogP contribution in [0.4, 0.5) is 24.5 Å². The number of anilines is 1. The molecule has 0 heterocycles. The predicted molar refractivity (Wildman–Crippen MR) is 92.5 cm³/mol. The number of rotatable bonds is 9. The highest BCUT2D eigenvalue weighted by molar-refractivity contribution is 5.81. The van der Waals surface area contributed by atoms with Crippen molar-refractivity contribution in [2.75, 3.05) is 18.5 Å². The summed E-state index contributed by atoms with van der Waals surface area (Å²) in [5.41, 5.74) is -2.05. The van der Waals surface area contributed by atoms with Crippen LogP contribution in [0.1, 0.15) is 31.7 Å². The summed E-state index contributed by atoms with van der Waals surface area (Å²) in [6.45, 7) is 1.33. The van der Waals surface area contributed by atoms with Gasteiger partial charge in [-0.15, -0.1) is 0 Å². The number of halogens is 3. The second-order valence-electron chi connectivity index (χ2n) is 6.52. The highest BCUT2D eigenvalue weighted by Crippen LogP contribution is 2.35. The van der Waals surface area contributed by atoms with Crippen molar-refractivity contribution in [2.24, 2.45) is 5.92 Å². The number of hydrogen-bond acceptors (Lipinski definition) is 6. The molecule has 1 amide bonds. The predicted octanol–water partition coefficient (Wildman–Crippen LogP) is 2.87. The van der Waals surface area contributed by atoms with Crippen molar-refractivity contribution in [2.45, 2.75) is 38.4 Å². The van der Waals surface area contributed by atoms with Gasteiger partial charge in [-0.2, -0.15) is 13.2 Å².